The minimum Gasteiger partial charge on any atom is -0.464 e. The van der Waals surface area contributed by atoms with Crippen LogP contribution in [0.3, 0.4) is 0 Å². The number of piperidine rings is 1. The minimum absolute atomic E-state index is 0.0625. The molecule has 0 bridgehead atoms. The van der Waals surface area contributed by atoms with Crippen molar-refractivity contribution in [2.24, 2.45) is 0 Å². The number of benzene rings is 1. The first-order valence-electron chi connectivity index (χ1n) is 10.9. The lowest BCUT2D eigenvalue weighted by molar-refractivity contribution is 0.170. The Bertz CT molecular complexity index is 1080. The molecule has 2 aliphatic rings. The van der Waals surface area contributed by atoms with Gasteiger partial charge in [-0.3, -0.25) is 9.69 Å². The number of likely N-dealkylation sites (tertiary alicyclic amines) is 1. The summed E-state index contributed by atoms with van der Waals surface area (Å²) in [6, 6.07) is 5.13. The Balaban J connectivity index is 1.64. The summed E-state index contributed by atoms with van der Waals surface area (Å²) in [7, 11) is 0. The van der Waals surface area contributed by atoms with Crippen molar-refractivity contribution >= 4 is 22.6 Å². The quantitative estimate of drug-likeness (QED) is 0.609. The van der Waals surface area contributed by atoms with Gasteiger partial charge >= 0.3 is 0 Å². The number of rotatable bonds is 4. The van der Waals surface area contributed by atoms with Gasteiger partial charge in [0.15, 0.2) is 11.3 Å². The average molecular weight is 428 g/mol. The molecule has 0 spiro atoms. The van der Waals surface area contributed by atoms with Gasteiger partial charge in [0.2, 0.25) is 0 Å². The highest BCUT2D eigenvalue weighted by Crippen LogP contribution is 2.34. The fraction of sp³-hybridized carbons (Fsp3) is 0.545. The zero-order chi connectivity index (χ0) is 20.5. The second-order valence-electron chi connectivity index (χ2n) is 8.43. The molecule has 1 aromatic carbocycles. The molecule has 2 aromatic heterocycles. The molecule has 158 valence electrons. The number of tetrazole rings is 1. The van der Waals surface area contributed by atoms with E-state index in [1.807, 2.05) is 4.68 Å². The second kappa shape index (κ2) is 8.47. The molecule has 1 saturated carbocycles. The number of fused-ring (bicyclic) bond motifs is 1. The third-order valence-electron chi connectivity index (χ3n) is 6.50. The lowest BCUT2D eigenvalue weighted by Gasteiger charge is -2.34. The van der Waals surface area contributed by atoms with E-state index in [1.165, 1.54) is 25.7 Å². The molecule has 1 aliphatic heterocycles. The summed E-state index contributed by atoms with van der Waals surface area (Å²) in [5, 5.41) is 13.8. The highest BCUT2D eigenvalue weighted by atomic mass is 35.5. The van der Waals surface area contributed by atoms with Crippen LogP contribution in [0, 0.1) is 0 Å². The maximum Gasteiger partial charge on any atom is 0.197 e. The number of hydrogen-bond acceptors (Lipinski definition) is 6. The Kier molecular flexibility index (Phi) is 5.56. The van der Waals surface area contributed by atoms with E-state index in [0.29, 0.717) is 21.6 Å². The Hall–Kier alpha value is -2.25. The molecular formula is C22H26ClN5O2. The third-order valence-corrected chi connectivity index (χ3v) is 6.73. The van der Waals surface area contributed by atoms with Gasteiger partial charge in [-0.05, 0) is 67.4 Å². The minimum atomic E-state index is -0.318. The molecular weight excluding hydrogens is 402 g/mol. The largest absolute Gasteiger partial charge is 0.464 e. The molecule has 1 aliphatic carbocycles. The standard InChI is InChI=1S/C22H26ClN5O2/c23-15-9-10-19-17(13-15)21(29)18(14-30-19)20(27-11-5-2-6-12-27)22-24-25-26-28(22)16-7-3-1-4-8-16/h9-10,13-14,16,20H,1-8,11-12H2/t20-/m1/s1. The zero-order valence-electron chi connectivity index (χ0n) is 17.0. The molecule has 30 heavy (non-hydrogen) atoms. The zero-order valence-corrected chi connectivity index (χ0v) is 17.7. The van der Waals surface area contributed by atoms with Crippen LogP contribution in [0.15, 0.2) is 33.7 Å². The van der Waals surface area contributed by atoms with Crippen LogP contribution < -0.4 is 5.43 Å². The number of hydrogen-bond donors (Lipinski definition) is 0. The van der Waals surface area contributed by atoms with Crippen molar-refractivity contribution in [2.75, 3.05) is 13.1 Å². The second-order valence-corrected chi connectivity index (χ2v) is 8.87. The van der Waals surface area contributed by atoms with Crippen LogP contribution in [0.4, 0.5) is 0 Å². The molecule has 1 saturated heterocycles. The van der Waals surface area contributed by atoms with Gasteiger partial charge in [0.25, 0.3) is 0 Å². The summed E-state index contributed by atoms with van der Waals surface area (Å²) in [5.74, 6) is 0.748. The highest BCUT2D eigenvalue weighted by molar-refractivity contribution is 6.31. The summed E-state index contributed by atoms with van der Waals surface area (Å²) < 4.78 is 7.84. The first kappa shape index (κ1) is 19.7. The molecule has 8 heteroatoms. The maximum absolute atomic E-state index is 13.5. The Morgan fingerprint density at radius 2 is 1.83 bits per heavy atom. The first-order valence-corrected chi connectivity index (χ1v) is 11.3. The van der Waals surface area contributed by atoms with E-state index >= 15 is 0 Å². The van der Waals surface area contributed by atoms with Crippen molar-refractivity contribution in [1.29, 1.82) is 0 Å². The van der Waals surface area contributed by atoms with Crippen molar-refractivity contribution in [3.05, 3.63) is 51.1 Å². The van der Waals surface area contributed by atoms with Gasteiger partial charge in [-0.15, -0.1) is 5.10 Å². The van der Waals surface area contributed by atoms with Crippen LogP contribution >= 0.6 is 11.6 Å². The summed E-state index contributed by atoms with van der Waals surface area (Å²) in [4.78, 5) is 15.9. The number of nitrogens with zero attached hydrogens (tertiary/aromatic N) is 5. The molecule has 1 atom stereocenters. The maximum atomic E-state index is 13.5. The smallest absolute Gasteiger partial charge is 0.197 e. The highest BCUT2D eigenvalue weighted by Gasteiger charge is 2.33. The van der Waals surface area contributed by atoms with E-state index in [9.17, 15) is 4.79 Å². The number of halogens is 1. The lowest BCUT2D eigenvalue weighted by atomic mass is 9.95. The molecule has 0 N–H and O–H groups in total. The molecule has 0 unspecified atom stereocenters. The van der Waals surface area contributed by atoms with Crippen molar-refractivity contribution in [1.82, 2.24) is 25.1 Å². The molecule has 5 rings (SSSR count). The Morgan fingerprint density at radius 1 is 1.07 bits per heavy atom. The average Bonchev–Trinajstić information content (AvgIpc) is 3.27. The summed E-state index contributed by atoms with van der Waals surface area (Å²) >= 11 is 6.17. The van der Waals surface area contributed by atoms with Crippen molar-refractivity contribution in [3.8, 4) is 0 Å². The third kappa shape index (κ3) is 3.65. The molecule has 7 nitrogen and oxygen atoms in total. The molecule has 3 aromatic rings. The number of aromatic nitrogens is 4. The van der Waals surface area contributed by atoms with Gasteiger partial charge in [-0.1, -0.05) is 37.3 Å². The predicted molar refractivity (Wildman–Crippen MR) is 115 cm³/mol. The molecule has 0 radical (unpaired) electrons. The monoisotopic (exact) mass is 427 g/mol. The van der Waals surface area contributed by atoms with Crippen LogP contribution in [0.5, 0.6) is 0 Å². The van der Waals surface area contributed by atoms with Gasteiger partial charge < -0.3 is 4.42 Å². The summed E-state index contributed by atoms with van der Waals surface area (Å²) in [5.41, 5.74) is 1.06. The topological polar surface area (TPSA) is 77.1 Å². The van der Waals surface area contributed by atoms with Gasteiger partial charge in [-0.2, -0.15) is 0 Å². The fourth-order valence-corrected chi connectivity index (χ4v) is 5.12. The van der Waals surface area contributed by atoms with E-state index < -0.39 is 0 Å². The van der Waals surface area contributed by atoms with Crippen LogP contribution in [0.25, 0.3) is 11.0 Å². The van der Waals surface area contributed by atoms with E-state index in [4.69, 9.17) is 16.0 Å². The van der Waals surface area contributed by atoms with Crippen LogP contribution in [0.1, 0.15) is 74.8 Å². The first-order chi connectivity index (χ1) is 14.7. The van der Waals surface area contributed by atoms with E-state index in [-0.39, 0.29) is 17.5 Å². The van der Waals surface area contributed by atoms with Gasteiger partial charge in [0, 0.05) is 5.02 Å². The van der Waals surface area contributed by atoms with Crippen LogP contribution in [-0.2, 0) is 0 Å². The van der Waals surface area contributed by atoms with E-state index in [2.05, 4.69) is 20.4 Å². The van der Waals surface area contributed by atoms with Gasteiger partial charge in [-0.25, -0.2) is 4.68 Å². The molecule has 3 heterocycles. The van der Waals surface area contributed by atoms with Gasteiger partial charge in [0.05, 0.1) is 17.0 Å². The molecule has 2 fully saturated rings. The summed E-state index contributed by atoms with van der Waals surface area (Å²) in [6.07, 6.45) is 10.8. The SMILES string of the molecule is O=c1c([C@H](c2nnnn2C2CCCCC2)N2CCCCC2)coc2ccc(Cl)cc12. The van der Waals surface area contributed by atoms with Crippen molar-refractivity contribution < 1.29 is 4.42 Å². The van der Waals surface area contributed by atoms with Crippen LogP contribution in [0.2, 0.25) is 5.02 Å². The van der Waals surface area contributed by atoms with Gasteiger partial charge in [0.1, 0.15) is 17.9 Å². The summed E-state index contributed by atoms with van der Waals surface area (Å²) in [6.45, 7) is 1.82. The van der Waals surface area contributed by atoms with E-state index in [0.717, 1.165) is 44.6 Å². The Labute approximate surface area is 180 Å². The normalized spacial score (nSPS) is 19.9. The predicted octanol–water partition coefficient (Wildman–Crippen LogP) is 4.51. The molecule has 0 amide bonds. The van der Waals surface area contributed by atoms with E-state index in [1.54, 1.807) is 24.5 Å². The lowest BCUT2D eigenvalue weighted by Crippen LogP contribution is -2.38. The van der Waals surface area contributed by atoms with Crippen molar-refractivity contribution in [3.63, 3.8) is 0 Å². The Morgan fingerprint density at radius 3 is 2.63 bits per heavy atom. The fourth-order valence-electron chi connectivity index (χ4n) is 4.95. The van der Waals surface area contributed by atoms with Crippen LogP contribution in [-0.4, -0.2) is 38.2 Å². The van der Waals surface area contributed by atoms with Crippen molar-refractivity contribution in [2.45, 2.75) is 63.5 Å².